The van der Waals surface area contributed by atoms with Crippen molar-refractivity contribution < 1.29 is 19.1 Å². The van der Waals surface area contributed by atoms with Gasteiger partial charge >= 0.3 is 0 Å². The quantitative estimate of drug-likeness (QED) is 0.120. The van der Waals surface area contributed by atoms with Gasteiger partial charge in [-0.15, -0.1) is 0 Å². The van der Waals surface area contributed by atoms with Crippen LogP contribution in [0.25, 0.3) is 39.0 Å². The highest BCUT2D eigenvalue weighted by molar-refractivity contribution is 6.39. The number of methoxy groups -OCH3 is 2. The first-order valence-electron chi connectivity index (χ1n) is 17.0. The molecule has 2 fully saturated rings. The van der Waals surface area contributed by atoms with E-state index in [4.69, 9.17) is 37.7 Å². The lowest BCUT2D eigenvalue weighted by atomic mass is 9.97. The first-order valence-corrected chi connectivity index (χ1v) is 17.7. The Labute approximate surface area is 306 Å². The standard InChI is InChI=1S/C38H39Cl2N7O4/c1-50-32-15-23(21-47-37(32)24(18-43-47)17-42-20-26-11-14-34(49)45-26)27-5-3-6-28(35(27)39)29-7-4-8-30(36(29)40)31-12-9-22(38(46-31)51-2)16-41-19-25-10-13-33(48)44-25/h3-9,12,15,18,21,25-26,41-42H,10-11,13-14,16-17,19-20H2,1-2H3,(H,44,48)(H,45,49)/t25-,26-/m1/s1. The molecular formula is C38H39Cl2N7O4. The average Bonchev–Trinajstić information content (AvgIpc) is 3.88. The van der Waals surface area contributed by atoms with Gasteiger partial charge in [-0.2, -0.15) is 5.10 Å². The van der Waals surface area contributed by atoms with Gasteiger partial charge < -0.3 is 30.7 Å². The van der Waals surface area contributed by atoms with E-state index in [-0.39, 0.29) is 23.9 Å². The molecule has 0 saturated carbocycles. The largest absolute Gasteiger partial charge is 0.494 e. The van der Waals surface area contributed by atoms with Crippen LogP contribution in [0.5, 0.6) is 11.6 Å². The van der Waals surface area contributed by atoms with Crippen LogP contribution in [0.1, 0.15) is 36.8 Å². The molecular weight excluding hydrogens is 689 g/mol. The van der Waals surface area contributed by atoms with Crippen molar-refractivity contribution in [2.45, 2.75) is 50.9 Å². The Morgan fingerprint density at radius 1 is 0.804 bits per heavy atom. The maximum atomic E-state index is 11.6. The van der Waals surface area contributed by atoms with Gasteiger partial charge in [-0.3, -0.25) is 9.59 Å². The van der Waals surface area contributed by atoms with Crippen LogP contribution < -0.4 is 30.7 Å². The SMILES string of the molecule is COc1nc(-c2cccc(-c3cccc(-c4cc(OC)c5c(CNC[C@H]6CCC(=O)N6)cnn5c4)c3Cl)c2Cl)ccc1CNC[C@H]1CCC(=O)N1. The fraction of sp³-hybridized carbons (Fsp3) is 0.316. The summed E-state index contributed by atoms with van der Waals surface area (Å²) in [6, 6.07) is 17.8. The second-order valence-electron chi connectivity index (χ2n) is 12.8. The average molecular weight is 729 g/mol. The Morgan fingerprint density at radius 2 is 1.41 bits per heavy atom. The van der Waals surface area contributed by atoms with Gasteiger partial charge in [-0.25, -0.2) is 9.50 Å². The Kier molecular flexibility index (Phi) is 10.4. The summed E-state index contributed by atoms with van der Waals surface area (Å²) in [7, 11) is 3.24. The molecule has 5 aromatic rings. The van der Waals surface area contributed by atoms with Crippen LogP contribution in [0.4, 0.5) is 0 Å². The lowest BCUT2D eigenvalue weighted by Gasteiger charge is -2.16. The van der Waals surface area contributed by atoms with Crippen molar-refractivity contribution in [1.29, 1.82) is 0 Å². The van der Waals surface area contributed by atoms with Crippen molar-refractivity contribution in [3.05, 3.63) is 88.2 Å². The Morgan fingerprint density at radius 3 is 2.02 bits per heavy atom. The van der Waals surface area contributed by atoms with Crippen LogP contribution in [0.2, 0.25) is 10.0 Å². The molecule has 4 N–H and O–H groups in total. The summed E-state index contributed by atoms with van der Waals surface area (Å²) in [5.74, 6) is 1.37. The van der Waals surface area contributed by atoms with Gasteiger partial charge in [0, 0.05) is 96.2 Å². The van der Waals surface area contributed by atoms with Crippen molar-refractivity contribution in [3.8, 4) is 45.1 Å². The van der Waals surface area contributed by atoms with Gasteiger partial charge in [0.15, 0.2) is 0 Å². The van der Waals surface area contributed by atoms with Crippen LogP contribution in [-0.2, 0) is 22.7 Å². The van der Waals surface area contributed by atoms with Crippen LogP contribution in [0.3, 0.4) is 0 Å². The maximum absolute atomic E-state index is 11.6. The maximum Gasteiger partial charge on any atom is 0.220 e. The minimum atomic E-state index is 0.0979. The normalized spacial score (nSPS) is 17.2. The highest BCUT2D eigenvalue weighted by atomic mass is 35.5. The van der Waals surface area contributed by atoms with Crippen LogP contribution in [-0.4, -0.2) is 65.8 Å². The van der Waals surface area contributed by atoms with Gasteiger partial charge in [0.1, 0.15) is 11.3 Å². The topological polar surface area (TPSA) is 131 Å². The molecule has 7 rings (SSSR count). The van der Waals surface area contributed by atoms with Gasteiger partial charge in [0.05, 0.1) is 36.2 Å². The number of carbonyl (C=O) groups excluding carboxylic acids is 2. The number of ether oxygens (including phenoxy) is 2. The summed E-state index contributed by atoms with van der Waals surface area (Å²) < 4.78 is 13.3. The van der Waals surface area contributed by atoms with E-state index in [0.717, 1.165) is 57.3 Å². The molecule has 0 bridgehead atoms. The minimum absolute atomic E-state index is 0.0979. The molecule has 2 aromatic carbocycles. The van der Waals surface area contributed by atoms with Crippen LogP contribution in [0, 0.1) is 0 Å². The molecule has 2 aliphatic rings. The van der Waals surface area contributed by atoms with E-state index in [2.05, 4.69) is 26.4 Å². The number of pyridine rings is 2. The van der Waals surface area contributed by atoms with Gasteiger partial charge in [-0.1, -0.05) is 65.7 Å². The monoisotopic (exact) mass is 727 g/mol. The van der Waals surface area contributed by atoms with Crippen LogP contribution in [0.15, 0.2) is 67.0 Å². The highest BCUT2D eigenvalue weighted by Crippen LogP contribution is 2.43. The van der Waals surface area contributed by atoms with Crippen molar-refractivity contribution in [1.82, 2.24) is 35.9 Å². The van der Waals surface area contributed by atoms with Gasteiger partial charge in [0.2, 0.25) is 17.7 Å². The molecule has 11 nitrogen and oxygen atoms in total. The molecule has 2 saturated heterocycles. The Bertz CT molecular complexity index is 2100. The van der Waals surface area contributed by atoms with Crippen molar-refractivity contribution >= 4 is 40.5 Å². The first kappa shape index (κ1) is 34.8. The van der Waals surface area contributed by atoms with E-state index in [9.17, 15) is 9.59 Å². The highest BCUT2D eigenvalue weighted by Gasteiger charge is 2.23. The number of benzene rings is 2. The number of rotatable bonds is 13. The summed E-state index contributed by atoms with van der Waals surface area (Å²) in [6.07, 6.45) is 6.59. The second kappa shape index (κ2) is 15.3. The Hall–Kier alpha value is -4.68. The predicted molar refractivity (Wildman–Crippen MR) is 198 cm³/mol. The zero-order valence-electron chi connectivity index (χ0n) is 28.4. The first-order chi connectivity index (χ1) is 24.8. The minimum Gasteiger partial charge on any atom is -0.494 e. The number of carbonyl (C=O) groups is 2. The molecule has 0 aliphatic carbocycles. The number of halogens is 2. The molecule has 5 heterocycles. The molecule has 0 unspecified atom stereocenters. The van der Waals surface area contributed by atoms with E-state index in [0.29, 0.717) is 66.4 Å². The van der Waals surface area contributed by atoms with E-state index < -0.39 is 0 Å². The third kappa shape index (κ3) is 7.38. The molecule has 2 atom stereocenters. The molecule has 0 radical (unpaired) electrons. The third-order valence-corrected chi connectivity index (χ3v) is 10.3. The van der Waals surface area contributed by atoms with E-state index in [1.54, 1.807) is 14.2 Å². The summed E-state index contributed by atoms with van der Waals surface area (Å²) in [5.41, 5.74) is 7.35. The smallest absolute Gasteiger partial charge is 0.220 e. The fourth-order valence-electron chi connectivity index (χ4n) is 6.83. The number of hydrogen-bond donors (Lipinski definition) is 4. The van der Waals surface area contributed by atoms with Gasteiger partial charge in [0.25, 0.3) is 0 Å². The van der Waals surface area contributed by atoms with Crippen molar-refractivity contribution in [2.75, 3.05) is 27.3 Å². The lowest BCUT2D eigenvalue weighted by Crippen LogP contribution is -2.35. The van der Waals surface area contributed by atoms with E-state index in [1.165, 1.54) is 0 Å². The molecule has 3 aromatic heterocycles. The zero-order chi connectivity index (χ0) is 35.5. The molecule has 0 spiro atoms. The summed E-state index contributed by atoms with van der Waals surface area (Å²) in [6.45, 7) is 2.49. The summed E-state index contributed by atoms with van der Waals surface area (Å²) >= 11 is 14.3. The van der Waals surface area contributed by atoms with E-state index in [1.807, 2.05) is 71.5 Å². The van der Waals surface area contributed by atoms with Crippen molar-refractivity contribution in [3.63, 3.8) is 0 Å². The molecule has 264 valence electrons. The molecule has 2 aliphatic heterocycles. The Balaban J connectivity index is 1.13. The van der Waals surface area contributed by atoms with Gasteiger partial charge in [-0.05, 0) is 25.0 Å². The molecule has 2 amide bonds. The number of amides is 2. The fourth-order valence-corrected chi connectivity index (χ4v) is 7.49. The number of hydrogen-bond acceptors (Lipinski definition) is 8. The third-order valence-electron chi connectivity index (χ3n) is 9.46. The molecule has 51 heavy (non-hydrogen) atoms. The van der Waals surface area contributed by atoms with Crippen molar-refractivity contribution in [2.24, 2.45) is 0 Å². The van der Waals surface area contributed by atoms with E-state index >= 15 is 0 Å². The molecule has 13 heteroatoms. The number of fused-ring (bicyclic) bond motifs is 1. The second-order valence-corrected chi connectivity index (χ2v) is 13.6. The lowest BCUT2D eigenvalue weighted by molar-refractivity contribution is -0.120. The summed E-state index contributed by atoms with van der Waals surface area (Å²) in [4.78, 5) is 27.9. The van der Waals surface area contributed by atoms with Crippen LogP contribution >= 0.6 is 23.2 Å². The zero-order valence-corrected chi connectivity index (χ0v) is 29.9. The summed E-state index contributed by atoms with van der Waals surface area (Å²) in [5, 5.41) is 18.5. The number of aromatic nitrogens is 3. The number of nitrogens with one attached hydrogen (secondary N) is 4. The predicted octanol–water partition coefficient (Wildman–Crippen LogP) is 5.79. The number of nitrogens with zero attached hydrogens (tertiary/aromatic N) is 3.